The molecular weight excluding hydrogens is 366 g/mol. The van der Waals surface area contributed by atoms with Crippen molar-refractivity contribution in [3.05, 3.63) is 18.2 Å². The van der Waals surface area contributed by atoms with Gasteiger partial charge in [0.25, 0.3) is 0 Å². The van der Waals surface area contributed by atoms with Crippen LogP contribution >= 0.6 is 0 Å². The summed E-state index contributed by atoms with van der Waals surface area (Å²) in [6.45, 7) is 3.67. The van der Waals surface area contributed by atoms with Gasteiger partial charge in [-0.15, -0.1) is 0 Å². The van der Waals surface area contributed by atoms with Crippen molar-refractivity contribution in [3.63, 3.8) is 0 Å². The summed E-state index contributed by atoms with van der Waals surface area (Å²) >= 11 is 0. The third-order valence-electron chi connectivity index (χ3n) is 4.52. The zero-order valence-electron chi connectivity index (χ0n) is 14.9. The van der Waals surface area contributed by atoms with Crippen LogP contribution in [-0.2, 0) is 19.9 Å². The van der Waals surface area contributed by atoms with Crippen molar-refractivity contribution >= 4 is 19.9 Å². The summed E-state index contributed by atoms with van der Waals surface area (Å²) in [6.07, 6.45) is 0.888. The smallest absolute Gasteiger partial charge is 0.247 e. The van der Waals surface area contributed by atoms with Gasteiger partial charge in [-0.05, 0) is 31.9 Å². The maximum Gasteiger partial charge on any atom is 0.247 e. The Morgan fingerprint density at radius 1 is 1.28 bits per heavy atom. The quantitative estimate of drug-likeness (QED) is 0.702. The van der Waals surface area contributed by atoms with E-state index in [-0.39, 0.29) is 28.2 Å². The average molecular weight is 392 g/mol. The van der Waals surface area contributed by atoms with Crippen molar-refractivity contribution in [1.29, 1.82) is 0 Å². The summed E-state index contributed by atoms with van der Waals surface area (Å²) in [4.78, 5) is 0.0143. The average Bonchev–Trinajstić information content (AvgIpc) is 2.93. The van der Waals surface area contributed by atoms with Gasteiger partial charge in [-0.2, -0.15) is 4.31 Å². The summed E-state index contributed by atoms with van der Waals surface area (Å²) in [6, 6.07) is 3.61. The third-order valence-corrected chi connectivity index (χ3v) is 8.38. The fourth-order valence-electron chi connectivity index (χ4n) is 3.05. The summed E-state index contributed by atoms with van der Waals surface area (Å²) in [5.74, 6) is 0.525. The molecular formula is C16H25NO6S2. The van der Waals surface area contributed by atoms with Gasteiger partial charge in [0.2, 0.25) is 10.0 Å². The standard InChI is InChI=1S/C16H25NO6S2/c1-5-12(2)17(13-8-9-24(18,19)11-13)25(20,21)16-7-6-14(22-3)10-15(16)23-4/h6-7,10,12-13H,5,8-9,11H2,1-4H3/t12-,13+/m0/s1. The van der Waals surface area contributed by atoms with E-state index >= 15 is 0 Å². The molecule has 1 aliphatic heterocycles. The highest BCUT2D eigenvalue weighted by atomic mass is 32.2. The molecule has 2 rings (SSSR count). The van der Waals surface area contributed by atoms with E-state index in [1.54, 1.807) is 13.0 Å². The van der Waals surface area contributed by atoms with Crippen LogP contribution in [0.5, 0.6) is 11.5 Å². The Morgan fingerprint density at radius 3 is 2.44 bits per heavy atom. The highest BCUT2D eigenvalue weighted by molar-refractivity contribution is 7.92. The maximum absolute atomic E-state index is 13.3. The van der Waals surface area contributed by atoms with E-state index in [4.69, 9.17) is 9.47 Å². The van der Waals surface area contributed by atoms with Gasteiger partial charge in [0.15, 0.2) is 9.84 Å². The zero-order chi connectivity index (χ0) is 18.8. The number of nitrogens with zero attached hydrogens (tertiary/aromatic N) is 1. The molecule has 0 aromatic heterocycles. The summed E-state index contributed by atoms with van der Waals surface area (Å²) in [7, 11) is -4.26. The molecule has 1 aromatic carbocycles. The van der Waals surface area contributed by atoms with Gasteiger partial charge in [-0.25, -0.2) is 16.8 Å². The SMILES string of the molecule is CC[C@H](C)N([C@@H]1CCS(=O)(=O)C1)S(=O)(=O)c1ccc(OC)cc1OC. The molecule has 1 heterocycles. The summed E-state index contributed by atoms with van der Waals surface area (Å²) < 4.78 is 62.1. The van der Waals surface area contributed by atoms with Crippen LogP contribution in [0.2, 0.25) is 0 Å². The molecule has 1 fully saturated rings. The Kier molecular flexibility index (Phi) is 6.01. The Morgan fingerprint density at radius 2 is 1.96 bits per heavy atom. The van der Waals surface area contributed by atoms with Crippen LogP contribution < -0.4 is 9.47 Å². The number of ether oxygens (including phenoxy) is 2. The molecule has 1 aromatic rings. The van der Waals surface area contributed by atoms with Crippen LogP contribution in [0.3, 0.4) is 0 Å². The van der Waals surface area contributed by atoms with E-state index in [0.717, 1.165) is 0 Å². The first-order chi connectivity index (χ1) is 11.7. The minimum absolute atomic E-state index is 0.0138. The first-order valence-corrected chi connectivity index (χ1v) is 11.4. The van der Waals surface area contributed by atoms with Crippen LogP contribution in [0.4, 0.5) is 0 Å². The van der Waals surface area contributed by atoms with Gasteiger partial charge in [0.1, 0.15) is 16.4 Å². The van der Waals surface area contributed by atoms with Gasteiger partial charge in [-0.3, -0.25) is 0 Å². The van der Waals surface area contributed by atoms with E-state index in [2.05, 4.69) is 0 Å². The van der Waals surface area contributed by atoms with E-state index < -0.39 is 25.9 Å². The van der Waals surface area contributed by atoms with Crippen molar-refractivity contribution in [2.75, 3.05) is 25.7 Å². The highest BCUT2D eigenvalue weighted by Crippen LogP contribution is 2.34. The molecule has 25 heavy (non-hydrogen) atoms. The number of methoxy groups -OCH3 is 2. The van der Waals surface area contributed by atoms with Crippen LogP contribution in [0.15, 0.2) is 23.1 Å². The van der Waals surface area contributed by atoms with E-state index in [1.807, 2.05) is 6.92 Å². The predicted octanol–water partition coefficient (Wildman–Crippen LogP) is 1.68. The summed E-state index contributed by atoms with van der Waals surface area (Å²) in [5, 5.41) is 0. The second kappa shape index (κ2) is 7.51. The van der Waals surface area contributed by atoms with Crippen molar-refractivity contribution in [2.45, 2.75) is 43.7 Å². The lowest BCUT2D eigenvalue weighted by Gasteiger charge is -2.32. The molecule has 1 aliphatic rings. The molecule has 0 amide bonds. The highest BCUT2D eigenvalue weighted by Gasteiger charge is 2.41. The number of rotatable bonds is 7. The Bertz CT molecular complexity index is 819. The Labute approximate surface area is 149 Å². The van der Waals surface area contributed by atoms with Gasteiger partial charge < -0.3 is 9.47 Å². The molecule has 0 aliphatic carbocycles. The van der Waals surface area contributed by atoms with Crippen molar-refractivity contribution in [3.8, 4) is 11.5 Å². The lowest BCUT2D eigenvalue weighted by molar-refractivity contribution is 0.270. The number of sulfonamides is 1. The second-order valence-electron chi connectivity index (χ2n) is 6.17. The van der Waals surface area contributed by atoms with Crippen molar-refractivity contribution < 1.29 is 26.3 Å². The lowest BCUT2D eigenvalue weighted by Crippen LogP contribution is -2.46. The van der Waals surface area contributed by atoms with Crippen LogP contribution in [0.1, 0.15) is 26.7 Å². The molecule has 9 heteroatoms. The second-order valence-corrected chi connectivity index (χ2v) is 10.2. The maximum atomic E-state index is 13.3. The fourth-order valence-corrected chi connectivity index (χ4v) is 6.92. The van der Waals surface area contributed by atoms with Gasteiger partial charge >= 0.3 is 0 Å². The first kappa shape index (κ1) is 20.0. The molecule has 0 saturated carbocycles. The largest absolute Gasteiger partial charge is 0.497 e. The van der Waals surface area contributed by atoms with Gasteiger partial charge in [0, 0.05) is 18.2 Å². The Balaban J connectivity index is 2.53. The molecule has 0 spiro atoms. The molecule has 0 bridgehead atoms. The monoisotopic (exact) mass is 391 g/mol. The minimum atomic E-state index is -3.93. The van der Waals surface area contributed by atoms with E-state index in [1.165, 1.54) is 30.7 Å². The lowest BCUT2D eigenvalue weighted by atomic mass is 10.2. The van der Waals surface area contributed by atoms with Crippen molar-refractivity contribution in [2.24, 2.45) is 0 Å². The van der Waals surface area contributed by atoms with Gasteiger partial charge in [0.05, 0.1) is 25.7 Å². The van der Waals surface area contributed by atoms with E-state index in [9.17, 15) is 16.8 Å². The molecule has 0 unspecified atom stereocenters. The normalized spacial score (nSPS) is 21.2. The van der Waals surface area contributed by atoms with Gasteiger partial charge in [-0.1, -0.05) is 6.92 Å². The molecule has 0 N–H and O–H groups in total. The molecule has 1 saturated heterocycles. The number of hydrogen-bond donors (Lipinski definition) is 0. The predicted molar refractivity (Wildman–Crippen MR) is 95.4 cm³/mol. The topological polar surface area (TPSA) is 90.0 Å². The number of hydrogen-bond acceptors (Lipinski definition) is 6. The van der Waals surface area contributed by atoms with Crippen LogP contribution in [0, 0.1) is 0 Å². The van der Waals surface area contributed by atoms with E-state index in [0.29, 0.717) is 18.6 Å². The molecule has 142 valence electrons. The molecule has 7 nitrogen and oxygen atoms in total. The zero-order valence-corrected chi connectivity index (χ0v) is 16.6. The first-order valence-electron chi connectivity index (χ1n) is 8.12. The van der Waals surface area contributed by atoms with Crippen molar-refractivity contribution in [1.82, 2.24) is 4.31 Å². The van der Waals surface area contributed by atoms with Crippen LogP contribution in [0.25, 0.3) is 0 Å². The summed E-state index contributed by atoms with van der Waals surface area (Å²) in [5.41, 5.74) is 0. The number of sulfone groups is 1. The molecule has 2 atom stereocenters. The van der Waals surface area contributed by atoms with Crippen LogP contribution in [-0.4, -0.2) is 58.9 Å². The Hall–Kier alpha value is -1.32. The molecule has 0 radical (unpaired) electrons. The fraction of sp³-hybridized carbons (Fsp3) is 0.625. The minimum Gasteiger partial charge on any atom is -0.497 e. The number of benzene rings is 1. The third kappa shape index (κ3) is 4.09.